The van der Waals surface area contributed by atoms with Gasteiger partial charge in [-0.1, -0.05) is 42.3 Å². The number of benzene rings is 2. The second-order valence-electron chi connectivity index (χ2n) is 5.82. The number of ether oxygens (including phenoxy) is 2. The summed E-state index contributed by atoms with van der Waals surface area (Å²) in [6.07, 6.45) is 2.08. The van der Waals surface area contributed by atoms with E-state index in [2.05, 4.69) is 15.8 Å². The van der Waals surface area contributed by atoms with E-state index in [1.165, 1.54) is 13.3 Å². The van der Waals surface area contributed by atoms with Gasteiger partial charge in [0.05, 0.1) is 13.3 Å². The molecule has 0 bridgehead atoms. The number of carbonyl (C=O) groups is 2. The lowest BCUT2D eigenvalue weighted by molar-refractivity contribution is -0.139. The normalized spacial score (nSPS) is 10.6. The van der Waals surface area contributed by atoms with Gasteiger partial charge in [0, 0.05) is 27.7 Å². The van der Waals surface area contributed by atoms with Gasteiger partial charge in [0.25, 0.3) is 0 Å². The van der Waals surface area contributed by atoms with Crippen LogP contribution in [0.5, 0.6) is 11.5 Å². The molecule has 0 unspecified atom stereocenters. The monoisotopic (exact) mass is 437 g/mol. The van der Waals surface area contributed by atoms with Gasteiger partial charge >= 0.3 is 11.8 Å². The van der Waals surface area contributed by atoms with Crippen molar-refractivity contribution in [1.29, 1.82) is 0 Å². The van der Waals surface area contributed by atoms with Crippen molar-refractivity contribution in [2.24, 2.45) is 5.10 Å². The first-order valence-corrected chi connectivity index (χ1v) is 9.57. The van der Waals surface area contributed by atoms with E-state index in [1.54, 1.807) is 36.4 Å². The highest BCUT2D eigenvalue weighted by Gasteiger charge is 2.14. The Kier molecular flexibility index (Phi) is 8.76. The fourth-order valence-corrected chi connectivity index (χ4v) is 2.80. The van der Waals surface area contributed by atoms with Gasteiger partial charge in [-0.05, 0) is 30.7 Å². The van der Waals surface area contributed by atoms with Gasteiger partial charge in [0.15, 0.2) is 11.5 Å². The average Bonchev–Trinajstić information content (AvgIpc) is 2.72. The molecule has 0 aliphatic heterocycles. The Balaban J connectivity index is 2.15. The number of halogens is 2. The molecule has 0 aliphatic rings. The summed E-state index contributed by atoms with van der Waals surface area (Å²) in [6.45, 7) is 2.40. The van der Waals surface area contributed by atoms with Crippen molar-refractivity contribution < 1.29 is 19.1 Å². The molecule has 0 saturated carbocycles. The van der Waals surface area contributed by atoms with Crippen LogP contribution in [0.2, 0.25) is 10.0 Å². The van der Waals surface area contributed by atoms with E-state index in [9.17, 15) is 9.59 Å². The molecule has 0 atom stereocenters. The second kappa shape index (κ2) is 11.3. The van der Waals surface area contributed by atoms with E-state index < -0.39 is 11.8 Å². The Morgan fingerprint density at radius 2 is 1.79 bits per heavy atom. The van der Waals surface area contributed by atoms with Crippen LogP contribution in [0.25, 0.3) is 0 Å². The van der Waals surface area contributed by atoms with Crippen LogP contribution < -0.4 is 20.2 Å². The third-order valence-electron chi connectivity index (χ3n) is 3.76. The second-order valence-corrected chi connectivity index (χ2v) is 6.64. The Morgan fingerprint density at radius 1 is 1.10 bits per heavy atom. The molecular weight excluding hydrogens is 417 g/mol. The molecule has 0 heterocycles. The van der Waals surface area contributed by atoms with Gasteiger partial charge in [-0.15, -0.1) is 0 Å². The van der Waals surface area contributed by atoms with Crippen LogP contribution in [0, 0.1) is 0 Å². The van der Waals surface area contributed by atoms with Gasteiger partial charge in [0.2, 0.25) is 0 Å². The Hall–Kier alpha value is -2.77. The van der Waals surface area contributed by atoms with Crippen molar-refractivity contribution in [3.8, 4) is 11.5 Å². The Morgan fingerprint density at radius 3 is 2.45 bits per heavy atom. The molecule has 0 radical (unpaired) electrons. The van der Waals surface area contributed by atoms with Crippen LogP contribution >= 0.6 is 23.2 Å². The first kappa shape index (κ1) is 22.5. The van der Waals surface area contributed by atoms with Gasteiger partial charge in [0.1, 0.15) is 6.61 Å². The number of nitrogens with zero attached hydrogens (tertiary/aromatic N) is 1. The molecule has 0 aliphatic carbocycles. The van der Waals surface area contributed by atoms with Crippen LogP contribution in [-0.2, 0) is 16.2 Å². The zero-order valence-electron chi connectivity index (χ0n) is 16.0. The molecule has 0 saturated heterocycles. The maximum absolute atomic E-state index is 11.7. The molecule has 2 N–H and O–H groups in total. The molecule has 154 valence electrons. The van der Waals surface area contributed by atoms with E-state index in [0.717, 1.165) is 6.42 Å². The van der Waals surface area contributed by atoms with Gasteiger partial charge in [-0.2, -0.15) is 5.10 Å². The average molecular weight is 438 g/mol. The van der Waals surface area contributed by atoms with Crippen molar-refractivity contribution in [2.45, 2.75) is 20.0 Å². The topological polar surface area (TPSA) is 89.0 Å². The van der Waals surface area contributed by atoms with Crippen LogP contribution in [0.1, 0.15) is 24.5 Å². The lowest BCUT2D eigenvalue weighted by Gasteiger charge is -2.14. The number of carbonyl (C=O) groups excluding carboxylic acids is 2. The van der Waals surface area contributed by atoms with Crippen LogP contribution in [-0.4, -0.2) is 31.7 Å². The molecule has 2 aromatic rings. The van der Waals surface area contributed by atoms with Crippen molar-refractivity contribution >= 4 is 41.2 Å². The van der Waals surface area contributed by atoms with Gasteiger partial charge in [-0.25, -0.2) is 5.43 Å². The van der Waals surface area contributed by atoms with Gasteiger partial charge < -0.3 is 14.8 Å². The molecule has 2 rings (SSSR count). The summed E-state index contributed by atoms with van der Waals surface area (Å²) < 4.78 is 11.2. The highest BCUT2D eigenvalue weighted by Crippen LogP contribution is 2.32. The summed E-state index contributed by atoms with van der Waals surface area (Å²) >= 11 is 12.4. The predicted octanol–water partition coefficient (Wildman–Crippen LogP) is 3.56. The number of hydrazone groups is 1. The number of para-hydroxylation sites is 1. The SMILES string of the molecule is CCCNC(=O)C(=O)N/N=C\c1cccc(OC)c1OCc1c(Cl)cccc1Cl. The Labute approximate surface area is 179 Å². The number of nitrogens with one attached hydrogen (secondary N) is 2. The van der Waals surface area contributed by atoms with Crippen LogP contribution in [0.15, 0.2) is 41.5 Å². The number of methoxy groups -OCH3 is 1. The zero-order valence-corrected chi connectivity index (χ0v) is 17.5. The van der Waals surface area contributed by atoms with E-state index in [-0.39, 0.29) is 6.61 Å². The third-order valence-corrected chi connectivity index (χ3v) is 4.47. The van der Waals surface area contributed by atoms with E-state index in [0.29, 0.717) is 39.2 Å². The molecule has 0 spiro atoms. The summed E-state index contributed by atoms with van der Waals surface area (Å²) in [4.78, 5) is 23.3. The first-order chi connectivity index (χ1) is 14.0. The lowest BCUT2D eigenvalue weighted by Crippen LogP contribution is -2.38. The molecule has 7 nitrogen and oxygen atoms in total. The Bertz CT molecular complexity index is 883. The summed E-state index contributed by atoms with van der Waals surface area (Å²) in [7, 11) is 1.51. The minimum atomic E-state index is -0.858. The minimum absolute atomic E-state index is 0.103. The summed E-state index contributed by atoms with van der Waals surface area (Å²) in [6, 6.07) is 10.4. The molecule has 0 aromatic heterocycles. The third kappa shape index (κ3) is 6.37. The number of rotatable bonds is 8. The predicted molar refractivity (Wildman–Crippen MR) is 113 cm³/mol. The van der Waals surface area contributed by atoms with Crippen molar-refractivity contribution in [3.63, 3.8) is 0 Å². The fourth-order valence-electron chi connectivity index (χ4n) is 2.29. The van der Waals surface area contributed by atoms with Crippen LogP contribution in [0.3, 0.4) is 0 Å². The van der Waals surface area contributed by atoms with Gasteiger partial charge in [-0.3, -0.25) is 9.59 Å². The maximum atomic E-state index is 11.7. The number of amides is 2. The molecule has 9 heteroatoms. The molecule has 0 fully saturated rings. The van der Waals surface area contributed by atoms with E-state index in [1.807, 2.05) is 6.92 Å². The molecular formula is C20H21Cl2N3O4. The van der Waals surface area contributed by atoms with E-state index in [4.69, 9.17) is 32.7 Å². The molecule has 2 amide bonds. The highest BCUT2D eigenvalue weighted by molar-refractivity contribution is 6.36. The number of hydrogen-bond acceptors (Lipinski definition) is 5. The summed E-state index contributed by atoms with van der Waals surface area (Å²) in [5, 5.41) is 7.25. The van der Waals surface area contributed by atoms with Crippen molar-refractivity contribution in [1.82, 2.24) is 10.7 Å². The fraction of sp³-hybridized carbons (Fsp3) is 0.250. The standard InChI is InChI=1S/C20H21Cl2N3O4/c1-3-10-23-19(26)20(27)25-24-11-13-6-4-9-17(28-2)18(13)29-12-14-15(21)7-5-8-16(14)22/h4-9,11H,3,10,12H2,1-2H3,(H,23,26)(H,25,27)/b24-11-. The molecule has 2 aromatic carbocycles. The summed E-state index contributed by atoms with van der Waals surface area (Å²) in [5.74, 6) is -0.758. The maximum Gasteiger partial charge on any atom is 0.329 e. The van der Waals surface area contributed by atoms with Crippen molar-refractivity contribution in [2.75, 3.05) is 13.7 Å². The van der Waals surface area contributed by atoms with Crippen LogP contribution in [0.4, 0.5) is 0 Å². The van der Waals surface area contributed by atoms with Crippen molar-refractivity contribution in [3.05, 3.63) is 57.6 Å². The highest BCUT2D eigenvalue weighted by atomic mass is 35.5. The quantitative estimate of drug-likeness (QED) is 0.375. The smallest absolute Gasteiger partial charge is 0.329 e. The number of hydrogen-bond donors (Lipinski definition) is 2. The minimum Gasteiger partial charge on any atom is -0.493 e. The largest absolute Gasteiger partial charge is 0.493 e. The summed E-state index contributed by atoms with van der Waals surface area (Å²) in [5.41, 5.74) is 3.34. The molecule has 29 heavy (non-hydrogen) atoms. The lowest BCUT2D eigenvalue weighted by atomic mass is 10.2. The van der Waals surface area contributed by atoms with E-state index >= 15 is 0 Å². The first-order valence-electron chi connectivity index (χ1n) is 8.81. The zero-order chi connectivity index (χ0) is 21.2.